The Hall–Kier alpha value is -1.27. The Bertz CT molecular complexity index is 474. The number of anilines is 1. The highest BCUT2D eigenvalue weighted by atomic mass is 19.4. The summed E-state index contributed by atoms with van der Waals surface area (Å²) in [7, 11) is 0. The van der Waals surface area contributed by atoms with Crippen molar-refractivity contribution in [1.82, 2.24) is 0 Å². The smallest absolute Gasteiger partial charge is 0.377 e. The van der Waals surface area contributed by atoms with Gasteiger partial charge in [0.15, 0.2) is 0 Å². The molecule has 1 fully saturated rings. The summed E-state index contributed by atoms with van der Waals surface area (Å²) in [6.45, 7) is 4.02. The Morgan fingerprint density at radius 1 is 1.38 bits per heavy atom. The van der Waals surface area contributed by atoms with Crippen molar-refractivity contribution in [1.29, 1.82) is 0 Å². The highest BCUT2D eigenvalue weighted by Gasteiger charge is 2.33. The Labute approximate surface area is 122 Å². The van der Waals surface area contributed by atoms with E-state index in [-0.39, 0.29) is 18.2 Å². The minimum Gasteiger partial charge on any atom is -0.377 e. The number of alkyl halides is 3. The molecule has 0 radical (unpaired) electrons. The second-order valence-electron chi connectivity index (χ2n) is 5.21. The van der Waals surface area contributed by atoms with Crippen LogP contribution < -0.4 is 10.6 Å². The molecule has 0 saturated carbocycles. The average Bonchev–Trinajstić information content (AvgIpc) is 2.46. The van der Waals surface area contributed by atoms with Crippen LogP contribution in [0.1, 0.15) is 30.9 Å². The summed E-state index contributed by atoms with van der Waals surface area (Å²) in [6, 6.07) is 4.20. The molecule has 0 amide bonds. The van der Waals surface area contributed by atoms with E-state index in [1.54, 1.807) is 6.07 Å². The average molecular weight is 302 g/mol. The number of ether oxygens (including phenoxy) is 1. The van der Waals surface area contributed by atoms with Gasteiger partial charge in [0.2, 0.25) is 0 Å². The molecule has 118 valence electrons. The number of rotatable bonds is 4. The fourth-order valence-corrected chi connectivity index (χ4v) is 2.77. The molecule has 1 aliphatic rings. The van der Waals surface area contributed by atoms with E-state index in [2.05, 4.69) is 4.90 Å². The second-order valence-corrected chi connectivity index (χ2v) is 5.21. The van der Waals surface area contributed by atoms with E-state index in [9.17, 15) is 13.2 Å². The number of nitrogens with zero attached hydrogens (tertiary/aromatic N) is 1. The van der Waals surface area contributed by atoms with Gasteiger partial charge in [0, 0.05) is 31.9 Å². The van der Waals surface area contributed by atoms with Crippen LogP contribution in [0.2, 0.25) is 0 Å². The third kappa shape index (κ3) is 3.89. The summed E-state index contributed by atoms with van der Waals surface area (Å²) in [5, 5.41) is 0. The molecule has 0 spiro atoms. The van der Waals surface area contributed by atoms with E-state index in [1.807, 2.05) is 6.92 Å². The van der Waals surface area contributed by atoms with Gasteiger partial charge in [-0.2, -0.15) is 13.2 Å². The maximum atomic E-state index is 12.9. The summed E-state index contributed by atoms with van der Waals surface area (Å²) >= 11 is 0. The molecule has 0 bridgehead atoms. The zero-order valence-electron chi connectivity index (χ0n) is 12.1. The molecule has 1 aromatic rings. The first-order valence-corrected chi connectivity index (χ1v) is 7.22. The number of nitrogens with two attached hydrogens (primary N) is 1. The molecular formula is C15H21F3N2O. The van der Waals surface area contributed by atoms with Crippen molar-refractivity contribution in [3.05, 3.63) is 29.3 Å². The van der Waals surface area contributed by atoms with Gasteiger partial charge in [-0.3, -0.25) is 0 Å². The Kier molecular flexibility index (Phi) is 5.11. The van der Waals surface area contributed by atoms with Crippen LogP contribution in [0, 0.1) is 0 Å². The minimum atomic E-state index is -4.36. The topological polar surface area (TPSA) is 38.5 Å². The lowest BCUT2D eigenvalue weighted by Gasteiger charge is -2.34. The zero-order chi connectivity index (χ0) is 15.5. The zero-order valence-corrected chi connectivity index (χ0v) is 12.1. The number of piperidine rings is 1. The molecular weight excluding hydrogens is 281 g/mol. The fraction of sp³-hybridized carbons (Fsp3) is 0.600. The predicted molar refractivity (Wildman–Crippen MR) is 76.2 cm³/mol. The summed E-state index contributed by atoms with van der Waals surface area (Å²) in [6.07, 6.45) is -2.24. The highest BCUT2D eigenvalue weighted by Crippen LogP contribution is 2.34. The molecule has 1 atom stereocenters. The van der Waals surface area contributed by atoms with E-state index in [1.165, 1.54) is 6.07 Å². The van der Waals surface area contributed by atoms with Crippen molar-refractivity contribution in [3.8, 4) is 0 Å². The number of hydrogen-bond acceptors (Lipinski definition) is 3. The molecule has 2 N–H and O–H groups in total. The predicted octanol–water partition coefficient (Wildman–Crippen LogP) is 3.17. The third-order valence-electron chi connectivity index (χ3n) is 3.76. The van der Waals surface area contributed by atoms with Crippen molar-refractivity contribution >= 4 is 5.69 Å². The van der Waals surface area contributed by atoms with Gasteiger partial charge in [0.05, 0.1) is 11.7 Å². The van der Waals surface area contributed by atoms with Gasteiger partial charge < -0.3 is 15.4 Å². The molecule has 21 heavy (non-hydrogen) atoms. The molecule has 6 heteroatoms. The largest absolute Gasteiger partial charge is 0.416 e. The van der Waals surface area contributed by atoms with Gasteiger partial charge in [0.1, 0.15) is 0 Å². The monoisotopic (exact) mass is 302 g/mol. The Morgan fingerprint density at radius 3 is 2.76 bits per heavy atom. The molecule has 0 aromatic heterocycles. The van der Waals surface area contributed by atoms with Gasteiger partial charge in [-0.1, -0.05) is 0 Å². The first kappa shape index (κ1) is 16.1. The number of benzene rings is 1. The van der Waals surface area contributed by atoms with Crippen molar-refractivity contribution < 1.29 is 17.9 Å². The maximum absolute atomic E-state index is 12.9. The quantitative estimate of drug-likeness (QED) is 0.928. The molecule has 2 rings (SSSR count). The van der Waals surface area contributed by atoms with E-state index in [4.69, 9.17) is 10.5 Å². The summed E-state index contributed by atoms with van der Waals surface area (Å²) in [5.41, 5.74) is 5.75. The highest BCUT2D eigenvalue weighted by molar-refractivity contribution is 5.52. The lowest BCUT2D eigenvalue weighted by atomic mass is 10.0. The van der Waals surface area contributed by atoms with Crippen LogP contribution in [0.3, 0.4) is 0 Å². The van der Waals surface area contributed by atoms with Gasteiger partial charge in [-0.05, 0) is 43.5 Å². The van der Waals surface area contributed by atoms with E-state index >= 15 is 0 Å². The van der Waals surface area contributed by atoms with E-state index in [0.717, 1.165) is 31.1 Å². The van der Waals surface area contributed by atoms with Crippen LogP contribution in [0.5, 0.6) is 0 Å². The van der Waals surface area contributed by atoms with Gasteiger partial charge in [0.25, 0.3) is 0 Å². The number of halogens is 3. The van der Waals surface area contributed by atoms with Crippen LogP contribution in [-0.2, 0) is 17.5 Å². The molecule has 0 aliphatic carbocycles. The van der Waals surface area contributed by atoms with Crippen LogP contribution in [-0.4, -0.2) is 25.8 Å². The van der Waals surface area contributed by atoms with Crippen LogP contribution in [0.4, 0.5) is 18.9 Å². The SMILES string of the molecule is CCOC1CCCN(c2ccc(C(F)(F)F)c(CN)c2)C1. The summed E-state index contributed by atoms with van der Waals surface area (Å²) in [5.74, 6) is 0. The lowest BCUT2D eigenvalue weighted by Crippen LogP contribution is -2.39. The molecule has 1 heterocycles. The first-order valence-electron chi connectivity index (χ1n) is 7.22. The summed E-state index contributed by atoms with van der Waals surface area (Å²) < 4.78 is 44.3. The van der Waals surface area contributed by atoms with Crippen molar-refractivity contribution in [2.45, 2.75) is 38.6 Å². The van der Waals surface area contributed by atoms with Gasteiger partial charge in [-0.25, -0.2) is 0 Å². The number of hydrogen-bond donors (Lipinski definition) is 1. The Balaban J connectivity index is 2.20. The minimum absolute atomic E-state index is 0.120. The molecule has 1 saturated heterocycles. The Morgan fingerprint density at radius 2 is 2.14 bits per heavy atom. The van der Waals surface area contributed by atoms with E-state index < -0.39 is 11.7 Å². The normalized spacial score (nSPS) is 19.9. The standard InChI is InChI=1S/C15H21F3N2O/c1-2-21-13-4-3-7-20(10-13)12-5-6-14(15(16,17)18)11(8-12)9-19/h5-6,8,13H,2-4,7,9-10,19H2,1H3. The molecule has 1 aliphatic heterocycles. The maximum Gasteiger partial charge on any atom is 0.416 e. The van der Waals surface area contributed by atoms with E-state index in [0.29, 0.717) is 13.2 Å². The molecule has 1 unspecified atom stereocenters. The van der Waals surface area contributed by atoms with Crippen molar-refractivity contribution in [2.75, 3.05) is 24.6 Å². The van der Waals surface area contributed by atoms with Crippen molar-refractivity contribution in [3.63, 3.8) is 0 Å². The fourth-order valence-electron chi connectivity index (χ4n) is 2.77. The van der Waals surface area contributed by atoms with Crippen LogP contribution in [0.25, 0.3) is 0 Å². The lowest BCUT2D eigenvalue weighted by molar-refractivity contribution is -0.138. The summed E-state index contributed by atoms with van der Waals surface area (Å²) in [4.78, 5) is 2.07. The third-order valence-corrected chi connectivity index (χ3v) is 3.76. The van der Waals surface area contributed by atoms with Crippen molar-refractivity contribution in [2.24, 2.45) is 5.73 Å². The van der Waals surface area contributed by atoms with Crippen LogP contribution in [0.15, 0.2) is 18.2 Å². The van der Waals surface area contributed by atoms with Crippen LogP contribution >= 0.6 is 0 Å². The molecule has 1 aromatic carbocycles. The second kappa shape index (κ2) is 6.66. The van der Waals surface area contributed by atoms with Gasteiger partial charge in [-0.15, -0.1) is 0 Å². The van der Waals surface area contributed by atoms with Gasteiger partial charge >= 0.3 is 6.18 Å². The molecule has 3 nitrogen and oxygen atoms in total. The first-order chi connectivity index (χ1) is 9.95.